The molecule has 1 saturated heterocycles. The summed E-state index contributed by atoms with van der Waals surface area (Å²) in [5.74, 6) is -1.39. The Balaban J connectivity index is 1.59. The van der Waals surface area contributed by atoms with E-state index >= 15 is 0 Å². The summed E-state index contributed by atoms with van der Waals surface area (Å²) in [7, 11) is -1.59. The molecule has 1 aromatic carbocycles. The van der Waals surface area contributed by atoms with Crippen LogP contribution in [0.1, 0.15) is 81.1 Å². The van der Waals surface area contributed by atoms with E-state index in [0.717, 1.165) is 50.8 Å². The van der Waals surface area contributed by atoms with Gasteiger partial charge >= 0.3 is 7.12 Å². The molecule has 0 aliphatic carbocycles. The number of unbranched alkanes of at least 4 members (excludes halogenated alkanes) is 2. The number of nitrogens with zero attached hydrogens (tertiary/aromatic N) is 2. The van der Waals surface area contributed by atoms with Crippen LogP contribution in [-0.2, 0) is 20.9 Å². The maximum Gasteiger partial charge on any atom is 0.475 e. The lowest BCUT2D eigenvalue weighted by atomic mass is 9.78. The Bertz CT molecular complexity index is 940. The van der Waals surface area contributed by atoms with Gasteiger partial charge in [-0.05, 0) is 69.3 Å². The third-order valence-corrected chi connectivity index (χ3v) is 6.92. The molecule has 5 N–H and O–H groups in total. The summed E-state index contributed by atoms with van der Waals surface area (Å²) in [5, 5.41) is 27.2. The van der Waals surface area contributed by atoms with E-state index in [1.54, 1.807) is 24.3 Å². The molecule has 1 heterocycles. The van der Waals surface area contributed by atoms with Gasteiger partial charge in [0, 0.05) is 31.6 Å². The van der Waals surface area contributed by atoms with E-state index in [4.69, 9.17) is 0 Å². The molecule has 11 nitrogen and oxygen atoms in total. The maximum atomic E-state index is 12.4. The van der Waals surface area contributed by atoms with Gasteiger partial charge in [-0.25, -0.2) is 0 Å². The second kappa shape index (κ2) is 18.4. The highest BCUT2D eigenvalue weighted by atomic mass is 16.4. The predicted octanol–water partition coefficient (Wildman–Crippen LogP) is 0.834. The van der Waals surface area contributed by atoms with Crippen molar-refractivity contribution in [3.63, 3.8) is 0 Å². The minimum absolute atomic E-state index is 0.0487. The Morgan fingerprint density at radius 1 is 0.950 bits per heavy atom. The van der Waals surface area contributed by atoms with E-state index in [0.29, 0.717) is 51.0 Å². The van der Waals surface area contributed by atoms with Gasteiger partial charge in [0.25, 0.3) is 5.91 Å². The van der Waals surface area contributed by atoms with Crippen LogP contribution in [0, 0.1) is 0 Å². The molecule has 12 heteroatoms. The van der Waals surface area contributed by atoms with Gasteiger partial charge in [-0.1, -0.05) is 32.4 Å². The maximum absolute atomic E-state index is 12.4. The number of hydrogen-bond donors (Lipinski definition) is 5. The van der Waals surface area contributed by atoms with Gasteiger partial charge < -0.3 is 30.9 Å². The number of carbonyl (C=O) groups is 4. The molecule has 1 unspecified atom stereocenters. The van der Waals surface area contributed by atoms with Gasteiger partial charge in [0.15, 0.2) is 0 Å². The van der Waals surface area contributed by atoms with Gasteiger partial charge in [-0.15, -0.1) is 0 Å². The lowest BCUT2D eigenvalue weighted by molar-refractivity contribution is -0.130. The summed E-state index contributed by atoms with van der Waals surface area (Å²) in [4.78, 5) is 52.6. The zero-order valence-corrected chi connectivity index (χ0v) is 24.0. The molecule has 0 bridgehead atoms. The van der Waals surface area contributed by atoms with Crippen LogP contribution < -0.4 is 16.0 Å². The van der Waals surface area contributed by atoms with E-state index < -0.39 is 19.0 Å². The second-order valence-electron chi connectivity index (χ2n) is 10.3. The molecule has 0 aromatic heterocycles. The molecule has 1 aliphatic heterocycles. The highest BCUT2D eigenvalue weighted by Crippen LogP contribution is 2.17. The molecular formula is C28H46BN5O6. The summed E-state index contributed by atoms with van der Waals surface area (Å²) in [6.45, 7) is 7.70. The van der Waals surface area contributed by atoms with E-state index in [-0.39, 0.29) is 24.3 Å². The Morgan fingerprint density at radius 2 is 1.65 bits per heavy atom. The first-order chi connectivity index (χ1) is 19.2. The number of nitrogens with one attached hydrogen (secondary N) is 3. The number of rotatable bonds is 18. The highest BCUT2D eigenvalue weighted by molar-refractivity contribution is 6.43. The molecule has 0 radical (unpaired) electrons. The topological polar surface area (TPSA) is 151 Å². The van der Waals surface area contributed by atoms with Crippen molar-refractivity contribution in [1.82, 2.24) is 25.8 Å². The van der Waals surface area contributed by atoms with Crippen LogP contribution in [0.25, 0.3) is 0 Å². The van der Waals surface area contributed by atoms with Crippen molar-refractivity contribution in [2.24, 2.45) is 0 Å². The van der Waals surface area contributed by atoms with Crippen molar-refractivity contribution in [2.45, 2.75) is 77.7 Å². The molecule has 1 aromatic rings. The van der Waals surface area contributed by atoms with Crippen LogP contribution in [0.3, 0.4) is 0 Å². The minimum Gasteiger partial charge on any atom is -0.426 e. The predicted molar refractivity (Wildman–Crippen MR) is 154 cm³/mol. The highest BCUT2D eigenvalue weighted by Gasteiger charge is 2.36. The van der Waals surface area contributed by atoms with Gasteiger partial charge in [0.1, 0.15) is 0 Å². The normalized spacial score (nSPS) is 14.7. The van der Waals surface area contributed by atoms with Crippen LogP contribution in [0.2, 0.25) is 0 Å². The van der Waals surface area contributed by atoms with E-state index in [2.05, 4.69) is 34.7 Å². The van der Waals surface area contributed by atoms with Crippen LogP contribution in [0.5, 0.6) is 0 Å². The van der Waals surface area contributed by atoms with Crippen molar-refractivity contribution in [3.8, 4) is 0 Å². The quantitative estimate of drug-likeness (QED) is 0.132. The van der Waals surface area contributed by atoms with Crippen LogP contribution in [-0.4, -0.2) is 95.8 Å². The van der Waals surface area contributed by atoms with Crippen LogP contribution in [0.15, 0.2) is 24.3 Å². The van der Waals surface area contributed by atoms with Gasteiger partial charge in [-0.3, -0.25) is 24.1 Å². The first-order valence-corrected chi connectivity index (χ1v) is 14.5. The minimum atomic E-state index is -1.59. The SMILES string of the molecule is CCCN(CCC)CC(=O)NCCCCCC(=O)NCc1ccc(C(=O)NCC(=O)N2CCCC2B(O)O)cc1. The van der Waals surface area contributed by atoms with Gasteiger partial charge in [0.2, 0.25) is 17.7 Å². The summed E-state index contributed by atoms with van der Waals surface area (Å²) >= 11 is 0. The van der Waals surface area contributed by atoms with E-state index in [9.17, 15) is 29.2 Å². The monoisotopic (exact) mass is 559 g/mol. The fourth-order valence-corrected chi connectivity index (χ4v) is 4.81. The molecule has 2 rings (SSSR count). The zero-order chi connectivity index (χ0) is 29.3. The lowest BCUT2D eigenvalue weighted by Crippen LogP contribution is -2.48. The fourth-order valence-electron chi connectivity index (χ4n) is 4.81. The molecule has 40 heavy (non-hydrogen) atoms. The Labute approximate surface area is 238 Å². The summed E-state index contributed by atoms with van der Waals surface area (Å²) < 4.78 is 0. The third kappa shape index (κ3) is 12.1. The first kappa shape index (κ1) is 33.3. The lowest BCUT2D eigenvalue weighted by Gasteiger charge is -2.24. The second-order valence-corrected chi connectivity index (χ2v) is 10.3. The number of benzene rings is 1. The standard InChI is InChI=1S/C28H46BN5O6/c1-3-16-33(17-4-2)21-26(36)30-15-7-5-6-10-25(35)31-19-22-11-13-23(14-12-22)28(38)32-20-27(37)34-18-8-9-24(34)29(39)40/h11-14,24,39-40H,3-10,15-21H2,1-2H3,(H,30,36)(H,31,35)(H,32,38). The zero-order valence-electron chi connectivity index (χ0n) is 24.0. The van der Waals surface area contributed by atoms with Crippen molar-refractivity contribution < 1.29 is 29.2 Å². The number of likely N-dealkylation sites (tertiary alicyclic amines) is 1. The number of carbonyl (C=O) groups excluding carboxylic acids is 4. The molecule has 0 saturated carbocycles. The van der Waals surface area contributed by atoms with Gasteiger partial charge in [0.05, 0.1) is 19.0 Å². The van der Waals surface area contributed by atoms with Crippen molar-refractivity contribution >= 4 is 30.7 Å². The molecule has 1 atom stereocenters. The van der Waals surface area contributed by atoms with Crippen LogP contribution in [0.4, 0.5) is 0 Å². The van der Waals surface area contributed by atoms with Crippen LogP contribution >= 0.6 is 0 Å². The summed E-state index contributed by atoms with van der Waals surface area (Å²) in [6, 6.07) is 6.77. The summed E-state index contributed by atoms with van der Waals surface area (Å²) in [6.07, 6.45) is 6.11. The van der Waals surface area contributed by atoms with Crippen molar-refractivity contribution in [2.75, 3.05) is 39.3 Å². The molecule has 1 fully saturated rings. The number of amides is 4. The first-order valence-electron chi connectivity index (χ1n) is 14.5. The summed E-state index contributed by atoms with van der Waals surface area (Å²) in [5.41, 5.74) is 1.24. The Kier molecular flexibility index (Phi) is 15.3. The third-order valence-electron chi connectivity index (χ3n) is 6.92. The largest absolute Gasteiger partial charge is 0.475 e. The van der Waals surface area contributed by atoms with E-state index in [1.807, 2.05) is 0 Å². The Morgan fingerprint density at radius 3 is 2.30 bits per heavy atom. The van der Waals surface area contributed by atoms with E-state index in [1.165, 1.54) is 4.90 Å². The van der Waals surface area contributed by atoms with Crippen molar-refractivity contribution in [3.05, 3.63) is 35.4 Å². The molecular weight excluding hydrogens is 513 g/mol. The average molecular weight is 560 g/mol. The van der Waals surface area contributed by atoms with Gasteiger partial charge in [-0.2, -0.15) is 0 Å². The van der Waals surface area contributed by atoms with Crippen molar-refractivity contribution in [1.29, 1.82) is 0 Å². The molecule has 4 amide bonds. The average Bonchev–Trinajstić information content (AvgIpc) is 3.43. The molecule has 1 aliphatic rings. The number of hydrogen-bond acceptors (Lipinski definition) is 7. The Hall–Kier alpha value is -2.96. The smallest absolute Gasteiger partial charge is 0.426 e. The molecule has 222 valence electrons. The fraction of sp³-hybridized carbons (Fsp3) is 0.643. The molecule has 0 spiro atoms.